The number of esters is 2. The molecule has 0 saturated heterocycles. The monoisotopic (exact) mass is 290 g/mol. The van der Waals surface area contributed by atoms with Crippen molar-refractivity contribution in [2.24, 2.45) is 5.92 Å². The second kappa shape index (κ2) is 10.1. The molecule has 0 atom stereocenters. The van der Waals surface area contributed by atoms with Gasteiger partial charge < -0.3 is 9.47 Å². The van der Waals surface area contributed by atoms with Crippen LogP contribution in [0.15, 0.2) is 0 Å². The molecule has 0 aromatic carbocycles. The first-order chi connectivity index (χ1) is 8.88. The summed E-state index contributed by atoms with van der Waals surface area (Å²) in [4.78, 5) is 23.8. The van der Waals surface area contributed by atoms with Crippen LogP contribution in [-0.2, 0) is 19.1 Å². The zero-order valence-electron chi connectivity index (χ0n) is 12.6. The van der Waals surface area contributed by atoms with Gasteiger partial charge in [-0.1, -0.05) is 6.92 Å². The maximum absolute atomic E-state index is 11.9. The minimum atomic E-state index is -0.790. The SMILES string of the molecule is CCSCCCC(C(=O)OC(C)C)C(=O)OC(C)C. The third-order valence-corrected chi connectivity index (χ3v) is 3.24. The Morgan fingerprint density at radius 3 is 1.84 bits per heavy atom. The van der Waals surface area contributed by atoms with Gasteiger partial charge in [-0.3, -0.25) is 9.59 Å². The highest BCUT2D eigenvalue weighted by Gasteiger charge is 2.30. The zero-order chi connectivity index (χ0) is 14.8. The predicted octanol–water partition coefficient (Wildman–Crippen LogP) is 3.04. The van der Waals surface area contributed by atoms with Crippen LogP contribution in [0.5, 0.6) is 0 Å². The molecule has 0 amide bonds. The van der Waals surface area contributed by atoms with Crippen molar-refractivity contribution < 1.29 is 19.1 Å². The standard InChI is InChI=1S/C14H26O4S/c1-6-19-9-7-8-12(13(15)17-10(2)3)14(16)18-11(4)5/h10-12H,6-9H2,1-5H3. The molecule has 0 aliphatic heterocycles. The molecule has 0 N–H and O–H groups in total. The van der Waals surface area contributed by atoms with E-state index < -0.39 is 17.9 Å². The second-order valence-corrected chi connectivity index (χ2v) is 6.26. The fraction of sp³-hybridized carbons (Fsp3) is 0.857. The topological polar surface area (TPSA) is 52.6 Å². The maximum Gasteiger partial charge on any atom is 0.320 e. The molecule has 0 spiro atoms. The van der Waals surface area contributed by atoms with E-state index in [1.54, 1.807) is 39.5 Å². The van der Waals surface area contributed by atoms with Gasteiger partial charge >= 0.3 is 11.9 Å². The molecule has 0 aromatic heterocycles. The van der Waals surface area contributed by atoms with Crippen molar-refractivity contribution in [2.75, 3.05) is 11.5 Å². The summed E-state index contributed by atoms with van der Waals surface area (Å²) in [5.41, 5.74) is 0. The van der Waals surface area contributed by atoms with Gasteiger partial charge in [-0.05, 0) is 52.0 Å². The summed E-state index contributed by atoms with van der Waals surface area (Å²) in [7, 11) is 0. The third-order valence-electron chi connectivity index (χ3n) is 2.26. The van der Waals surface area contributed by atoms with Crippen LogP contribution in [0.4, 0.5) is 0 Å². The lowest BCUT2D eigenvalue weighted by Crippen LogP contribution is -2.31. The normalized spacial score (nSPS) is 11.2. The van der Waals surface area contributed by atoms with Gasteiger partial charge in [0, 0.05) is 0 Å². The van der Waals surface area contributed by atoms with Crippen LogP contribution < -0.4 is 0 Å². The van der Waals surface area contributed by atoms with Gasteiger partial charge in [-0.25, -0.2) is 0 Å². The molecule has 0 saturated carbocycles. The predicted molar refractivity (Wildman–Crippen MR) is 78.2 cm³/mol. The number of rotatable bonds is 9. The van der Waals surface area contributed by atoms with Crippen LogP contribution in [0.2, 0.25) is 0 Å². The van der Waals surface area contributed by atoms with E-state index >= 15 is 0 Å². The minimum absolute atomic E-state index is 0.216. The van der Waals surface area contributed by atoms with Crippen LogP contribution in [0.3, 0.4) is 0 Å². The first-order valence-electron chi connectivity index (χ1n) is 6.87. The van der Waals surface area contributed by atoms with Crippen molar-refractivity contribution in [3.05, 3.63) is 0 Å². The van der Waals surface area contributed by atoms with Crippen LogP contribution in [0.25, 0.3) is 0 Å². The summed E-state index contributed by atoms with van der Waals surface area (Å²) in [5, 5.41) is 0. The lowest BCUT2D eigenvalue weighted by molar-refractivity contribution is -0.166. The lowest BCUT2D eigenvalue weighted by Gasteiger charge is -2.18. The largest absolute Gasteiger partial charge is 0.462 e. The molecule has 0 radical (unpaired) electrons. The van der Waals surface area contributed by atoms with Crippen LogP contribution in [-0.4, -0.2) is 35.7 Å². The van der Waals surface area contributed by atoms with E-state index in [1.807, 2.05) is 0 Å². The molecule has 0 aromatic rings. The summed E-state index contributed by atoms with van der Waals surface area (Å²) in [6.07, 6.45) is 0.868. The fourth-order valence-corrected chi connectivity index (χ4v) is 2.15. The first-order valence-corrected chi connectivity index (χ1v) is 8.02. The van der Waals surface area contributed by atoms with Gasteiger partial charge in [0.1, 0.15) is 0 Å². The molecule has 0 unspecified atom stereocenters. The summed E-state index contributed by atoms with van der Waals surface area (Å²) in [5.74, 6) is 0.251. The van der Waals surface area contributed by atoms with Gasteiger partial charge in [0.2, 0.25) is 0 Å². The van der Waals surface area contributed by atoms with E-state index in [1.165, 1.54) is 0 Å². The Morgan fingerprint density at radius 1 is 1.00 bits per heavy atom. The van der Waals surface area contributed by atoms with E-state index in [0.717, 1.165) is 17.9 Å². The number of ether oxygens (including phenoxy) is 2. The molecule has 0 bridgehead atoms. The number of hydrogen-bond donors (Lipinski definition) is 0. The molecule has 19 heavy (non-hydrogen) atoms. The van der Waals surface area contributed by atoms with E-state index in [2.05, 4.69) is 6.92 Å². The fourth-order valence-electron chi connectivity index (χ4n) is 1.49. The van der Waals surface area contributed by atoms with E-state index in [0.29, 0.717) is 6.42 Å². The second-order valence-electron chi connectivity index (χ2n) is 4.86. The Bertz CT molecular complexity index is 255. The number of carbonyl (C=O) groups excluding carboxylic acids is 2. The average molecular weight is 290 g/mol. The smallest absolute Gasteiger partial charge is 0.320 e. The van der Waals surface area contributed by atoms with Crippen LogP contribution in [0.1, 0.15) is 47.5 Å². The van der Waals surface area contributed by atoms with Gasteiger partial charge in [0.25, 0.3) is 0 Å². The van der Waals surface area contributed by atoms with Gasteiger partial charge in [-0.2, -0.15) is 11.8 Å². The van der Waals surface area contributed by atoms with Gasteiger partial charge in [0.05, 0.1) is 12.2 Å². The van der Waals surface area contributed by atoms with Crippen molar-refractivity contribution in [3.8, 4) is 0 Å². The van der Waals surface area contributed by atoms with Gasteiger partial charge in [-0.15, -0.1) is 0 Å². The van der Waals surface area contributed by atoms with Gasteiger partial charge in [0.15, 0.2) is 5.92 Å². The summed E-state index contributed by atoms with van der Waals surface area (Å²) < 4.78 is 10.3. The lowest BCUT2D eigenvalue weighted by atomic mass is 10.0. The van der Waals surface area contributed by atoms with Crippen molar-refractivity contribution in [3.63, 3.8) is 0 Å². The molecule has 0 aliphatic carbocycles. The average Bonchev–Trinajstić information content (AvgIpc) is 2.26. The molecule has 0 fully saturated rings. The Balaban J connectivity index is 4.45. The quantitative estimate of drug-likeness (QED) is 0.371. The van der Waals surface area contributed by atoms with E-state index in [-0.39, 0.29) is 12.2 Å². The third kappa shape index (κ3) is 8.92. The Kier molecular flexibility index (Phi) is 9.74. The molecular formula is C14H26O4S. The highest BCUT2D eigenvalue weighted by Crippen LogP contribution is 2.16. The Hall–Kier alpha value is -0.710. The molecule has 4 nitrogen and oxygen atoms in total. The Morgan fingerprint density at radius 2 is 1.47 bits per heavy atom. The highest BCUT2D eigenvalue weighted by molar-refractivity contribution is 7.99. The summed E-state index contributed by atoms with van der Waals surface area (Å²) in [6.45, 7) is 9.18. The number of thioether (sulfide) groups is 1. The molecule has 0 aliphatic rings. The molecule has 0 heterocycles. The van der Waals surface area contributed by atoms with Crippen LogP contribution >= 0.6 is 11.8 Å². The molecule has 112 valence electrons. The van der Waals surface area contributed by atoms with Crippen molar-refractivity contribution in [1.29, 1.82) is 0 Å². The van der Waals surface area contributed by atoms with Crippen molar-refractivity contribution in [2.45, 2.75) is 59.7 Å². The summed E-state index contributed by atoms with van der Waals surface area (Å²) >= 11 is 1.80. The van der Waals surface area contributed by atoms with Crippen molar-refractivity contribution >= 4 is 23.7 Å². The maximum atomic E-state index is 11.9. The molecular weight excluding hydrogens is 264 g/mol. The first kappa shape index (κ1) is 18.3. The highest BCUT2D eigenvalue weighted by atomic mass is 32.2. The van der Waals surface area contributed by atoms with Crippen molar-refractivity contribution in [1.82, 2.24) is 0 Å². The Labute approximate surface area is 120 Å². The minimum Gasteiger partial charge on any atom is -0.462 e. The molecule has 0 rings (SSSR count). The molecule has 5 heteroatoms. The van der Waals surface area contributed by atoms with Crippen LogP contribution in [0, 0.1) is 5.92 Å². The van der Waals surface area contributed by atoms with E-state index in [4.69, 9.17) is 9.47 Å². The number of hydrogen-bond acceptors (Lipinski definition) is 5. The number of carbonyl (C=O) groups is 2. The van der Waals surface area contributed by atoms with E-state index in [9.17, 15) is 9.59 Å². The zero-order valence-corrected chi connectivity index (χ0v) is 13.4. The summed E-state index contributed by atoms with van der Waals surface area (Å²) in [6, 6.07) is 0.